The summed E-state index contributed by atoms with van der Waals surface area (Å²) < 4.78 is 73.7. The highest BCUT2D eigenvalue weighted by molar-refractivity contribution is 7.94. The predicted octanol–water partition coefficient (Wildman–Crippen LogP) is 3.68. The fourth-order valence-corrected chi connectivity index (χ4v) is 4.38. The van der Waals surface area contributed by atoms with Gasteiger partial charge in [0, 0.05) is 17.0 Å². The first kappa shape index (κ1) is 21.7. The van der Waals surface area contributed by atoms with Crippen LogP contribution in [0.4, 0.5) is 18.9 Å². The zero-order chi connectivity index (χ0) is 22.1. The number of carbonyl (C=O) groups excluding carboxylic acids is 1. The zero-order valence-corrected chi connectivity index (χ0v) is 16.8. The molecule has 0 N–H and O–H groups in total. The first-order valence-electron chi connectivity index (χ1n) is 8.69. The van der Waals surface area contributed by atoms with Gasteiger partial charge in [0.25, 0.3) is 5.91 Å². The molecule has 0 aromatic heterocycles. The summed E-state index contributed by atoms with van der Waals surface area (Å²) in [6, 6.07) is 7.57. The number of ether oxygens (including phenoxy) is 2. The Hall–Kier alpha value is -3.01. The van der Waals surface area contributed by atoms with Crippen LogP contribution in [0, 0.1) is 0 Å². The smallest absolute Gasteiger partial charge is 0.416 e. The highest BCUT2D eigenvalue weighted by Gasteiger charge is 2.35. The monoisotopic (exact) mass is 441 g/mol. The molecule has 1 amide bonds. The largest absolute Gasteiger partial charge is 0.497 e. The molecule has 0 radical (unpaired) electrons. The molecule has 1 aliphatic heterocycles. The molecular formula is C20H18F3NO5S. The number of hydrogen-bond acceptors (Lipinski definition) is 5. The number of nitrogens with zero attached hydrogens (tertiary/aromatic N) is 1. The molecule has 0 saturated heterocycles. The molecule has 0 fully saturated rings. The van der Waals surface area contributed by atoms with Gasteiger partial charge in [-0.05, 0) is 36.4 Å². The lowest BCUT2D eigenvalue weighted by Crippen LogP contribution is -2.41. The number of amides is 1. The third-order valence-corrected chi connectivity index (χ3v) is 5.92. The number of halogens is 3. The minimum atomic E-state index is -4.63. The van der Waals surface area contributed by atoms with Crippen molar-refractivity contribution >= 4 is 21.4 Å². The van der Waals surface area contributed by atoms with Crippen molar-refractivity contribution in [2.75, 3.05) is 24.9 Å². The van der Waals surface area contributed by atoms with Crippen LogP contribution in [0.1, 0.15) is 15.9 Å². The van der Waals surface area contributed by atoms with E-state index in [4.69, 9.17) is 9.47 Å². The molecule has 0 spiro atoms. The first-order valence-corrected chi connectivity index (χ1v) is 10.4. The minimum absolute atomic E-state index is 0.201. The second-order valence-electron chi connectivity index (χ2n) is 6.52. The fraction of sp³-hybridized carbons (Fsp3) is 0.250. The highest BCUT2D eigenvalue weighted by atomic mass is 32.2. The molecule has 0 saturated carbocycles. The van der Waals surface area contributed by atoms with E-state index in [0.29, 0.717) is 5.75 Å². The maximum absolute atomic E-state index is 13.3. The van der Waals surface area contributed by atoms with Crippen LogP contribution in [0.5, 0.6) is 11.5 Å². The van der Waals surface area contributed by atoms with Crippen LogP contribution in [0.25, 0.3) is 0 Å². The molecule has 10 heteroatoms. The van der Waals surface area contributed by atoms with E-state index in [9.17, 15) is 26.4 Å². The van der Waals surface area contributed by atoms with E-state index in [1.54, 1.807) is 0 Å². The van der Waals surface area contributed by atoms with Gasteiger partial charge in [0.05, 0.1) is 37.3 Å². The lowest BCUT2D eigenvalue weighted by molar-refractivity contribution is -0.137. The quantitative estimate of drug-likeness (QED) is 0.708. The lowest BCUT2D eigenvalue weighted by atomic mass is 10.1. The van der Waals surface area contributed by atoms with Crippen molar-refractivity contribution in [3.63, 3.8) is 0 Å². The number of hydrogen-bond donors (Lipinski definition) is 0. The van der Waals surface area contributed by atoms with Gasteiger partial charge in [-0.25, -0.2) is 8.42 Å². The van der Waals surface area contributed by atoms with E-state index in [1.165, 1.54) is 44.6 Å². The number of alkyl halides is 3. The third-order valence-electron chi connectivity index (χ3n) is 4.54. The molecule has 3 rings (SSSR count). The molecule has 0 aliphatic carbocycles. The van der Waals surface area contributed by atoms with Crippen molar-refractivity contribution in [2.24, 2.45) is 0 Å². The molecule has 1 heterocycles. The van der Waals surface area contributed by atoms with Gasteiger partial charge >= 0.3 is 6.18 Å². The molecule has 160 valence electrons. The summed E-state index contributed by atoms with van der Waals surface area (Å²) in [5, 5.41) is 0.986. The molecule has 30 heavy (non-hydrogen) atoms. The first-order chi connectivity index (χ1) is 14.1. The number of benzene rings is 2. The van der Waals surface area contributed by atoms with Gasteiger partial charge in [-0.2, -0.15) is 13.2 Å². The van der Waals surface area contributed by atoms with E-state index in [-0.39, 0.29) is 17.0 Å². The Morgan fingerprint density at radius 2 is 1.83 bits per heavy atom. The Kier molecular flexibility index (Phi) is 5.80. The molecule has 6 nitrogen and oxygen atoms in total. The van der Waals surface area contributed by atoms with Crippen molar-refractivity contribution in [1.82, 2.24) is 0 Å². The number of anilines is 1. The normalized spacial score (nSPS) is 17.6. The lowest BCUT2D eigenvalue weighted by Gasteiger charge is -2.29. The zero-order valence-electron chi connectivity index (χ0n) is 16.0. The van der Waals surface area contributed by atoms with Gasteiger partial charge in [0.1, 0.15) is 11.5 Å². The van der Waals surface area contributed by atoms with Crippen LogP contribution in [0.15, 0.2) is 53.9 Å². The van der Waals surface area contributed by atoms with Gasteiger partial charge in [-0.15, -0.1) is 0 Å². The standard InChI is InChI=1S/C20H18F3NO5S/c1-28-16-6-7-17(18(11-16)29-2)24(15-8-9-30(26,27)12-15)19(25)13-4-3-5-14(10-13)20(21,22)23/h3-11,15H,12H2,1-2H3/t15-/m0/s1. The average molecular weight is 441 g/mol. The Bertz CT molecular complexity index is 1100. The summed E-state index contributed by atoms with van der Waals surface area (Å²) in [6.07, 6.45) is -3.31. The Morgan fingerprint density at radius 1 is 1.10 bits per heavy atom. The van der Waals surface area contributed by atoms with Crippen LogP contribution >= 0.6 is 0 Å². The molecular weight excluding hydrogens is 423 g/mol. The van der Waals surface area contributed by atoms with Gasteiger partial charge in [-0.3, -0.25) is 9.69 Å². The molecule has 2 aromatic rings. The van der Waals surface area contributed by atoms with Crippen molar-refractivity contribution < 1.29 is 35.9 Å². The van der Waals surface area contributed by atoms with E-state index in [0.717, 1.165) is 28.5 Å². The predicted molar refractivity (Wildman–Crippen MR) is 105 cm³/mol. The number of methoxy groups -OCH3 is 2. The van der Waals surface area contributed by atoms with E-state index in [2.05, 4.69) is 0 Å². The van der Waals surface area contributed by atoms with E-state index >= 15 is 0 Å². The Labute approximate surface area is 171 Å². The summed E-state index contributed by atoms with van der Waals surface area (Å²) in [5.41, 5.74) is -1.02. The minimum Gasteiger partial charge on any atom is -0.497 e. The van der Waals surface area contributed by atoms with Crippen molar-refractivity contribution in [2.45, 2.75) is 12.2 Å². The Balaban J connectivity index is 2.12. The maximum Gasteiger partial charge on any atom is 0.416 e. The van der Waals surface area contributed by atoms with E-state index in [1.807, 2.05) is 0 Å². The molecule has 2 aromatic carbocycles. The van der Waals surface area contributed by atoms with Crippen LogP contribution in [-0.2, 0) is 16.0 Å². The van der Waals surface area contributed by atoms with Crippen molar-refractivity contribution in [1.29, 1.82) is 0 Å². The van der Waals surface area contributed by atoms with Gasteiger partial charge in [0.2, 0.25) is 0 Å². The topological polar surface area (TPSA) is 72.9 Å². The maximum atomic E-state index is 13.3. The summed E-state index contributed by atoms with van der Waals surface area (Å²) in [7, 11) is -0.758. The second kappa shape index (κ2) is 8.02. The van der Waals surface area contributed by atoms with Crippen LogP contribution in [-0.4, -0.2) is 40.3 Å². The van der Waals surface area contributed by atoms with Gasteiger partial charge in [-0.1, -0.05) is 6.07 Å². The summed E-state index contributed by atoms with van der Waals surface area (Å²) in [4.78, 5) is 14.4. The van der Waals surface area contributed by atoms with Crippen LogP contribution < -0.4 is 14.4 Å². The number of carbonyl (C=O) groups is 1. The second-order valence-corrected chi connectivity index (χ2v) is 8.45. The summed E-state index contributed by atoms with van der Waals surface area (Å²) >= 11 is 0. The molecule has 0 bridgehead atoms. The van der Waals surface area contributed by atoms with Crippen LogP contribution in [0.2, 0.25) is 0 Å². The highest BCUT2D eigenvalue weighted by Crippen LogP contribution is 2.36. The summed E-state index contributed by atoms with van der Waals surface area (Å²) in [6.45, 7) is 0. The SMILES string of the molecule is COc1ccc(N(C(=O)c2cccc(C(F)(F)F)c2)[C@H]2C=CS(=O)(=O)C2)c(OC)c1. The third kappa shape index (κ3) is 4.43. The summed E-state index contributed by atoms with van der Waals surface area (Å²) in [5.74, 6) is -0.562. The van der Waals surface area contributed by atoms with Crippen molar-refractivity contribution in [3.8, 4) is 11.5 Å². The molecule has 0 unspecified atom stereocenters. The van der Waals surface area contributed by atoms with E-state index < -0.39 is 39.3 Å². The number of rotatable bonds is 5. The fourth-order valence-electron chi connectivity index (χ4n) is 3.11. The molecule has 1 atom stereocenters. The number of sulfone groups is 1. The molecule has 1 aliphatic rings. The Morgan fingerprint density at radius 3 is 2.40 bits per heavy atom. The average Bonchev–Trinajstić information content (AvgIpc) is 3.07. The van der Waals surface area contributed by atoms with Gasteiger partial charge < -0.3 is 9.47 Å². The van der Waals surface area contributed by atoms with Crippen LogP contribution in [0.3, 0.4) is 0 Å². The van der Waals surface area contributed by atoms with Gasteiger partial charge in [0.15, 0.2) is 9.84 Å². The van der Waals surface area contributed by atoms with Crippen molar-refractivity contribution in [3.05, 3.63) is 65.1 Å².